The van der Waals surface area contributed by atoms with Gasteiger partial charge >= 0.3 is 0 Å². The first kappa shape index (κ1) is 18.2. The Hall–Kier alpha value is -2.18. The number of thiophene rings is 1. The lowest BCUT2D eigenvalue weighted by Gasteiger charge is -2.10. The lowest BCUT2D eigenvalue weighted by atomic mass is 10.1. The molecule has 1 aromatic carbocycles. The summed E-state index contributed by atoms with van der Waals surface area (Å²) in [6, 6.07) is 5.35. The van der Waals surface area contributed by atoms with E-state index in [9.17, 15) is 9.59 Å². The third kappa shape index (κ3) is 3.51. The Morgan fingerprint density at radius 3 is 2.96 bits per heavy atom. The predicted molar refractivity (Wildman–Crippen MR) is 110 cm³/mol. The predicted octanol–water partition coefficient (Wildman–Crippen LogP) is 4.33. The fourth-order valence-electron chi connectivity index (χ4n) is 3.56. The van der Waals surface area contributed by atoms with Crippen molar-refractivity contribution in [3.05, 3.63) is 55.9 Å². The van der Waals surface area contributed by atoms with Crippen molar-refractivity contribution in [3.8, 4) is 0 Å². The Bertz CT molecular complexity index is 1090. The third-order valence-electron chi connectivity index (χ3n) is 5.05. The number of carbonyl (C=O) groups is 1. The minimum atomic E-state index is -0.273. The number of fused-ring (bicyclic) bond motifs is 3. The largest absolute Gasteiger partial charge is 0.324 e. The van der Waals surface area contributed by atoms with Crippen LogP contribution in [0.1, 0.15) is 35.3 Å². The number of halogens is 1. The number of rotatable bonds is 3. The SMILES string of the molecule is Cc1c(Cl)cccc1NC(=O)Cn1cnc2sc3c(c2c1=O)CCCCC3. The topological polar surface area (TPSA) is 64.0 Å². The zero-order valence-corrected chi connectivity index (χ0v) is 16.6. The number of nitrogens with one attached hydrogen (secondary N) is 1. The third-order valence-corrected chi connectivity index (χ3v) is 6.66. The molecule has 3 aromatic rings. The first-order chi connectivity index (χ1) is 13.0. The van der Waals surface area contributed by atoms with Crippen molar-refractivity contribution in [2.45, 2.75) is 45.6 Å². The van der Waals surface area contributed by atoms with E-state index in [0.29, 0.717) is 16.1 Å². The summed E-state index contributed by atoms with van der Waals surface area (Å²) >= 11 is 7.72. The van der Waals surface area contributed by atoms with Crippen molar-refractivity contribution >= 4 is 44.7 Å². The van der Waals surface area contributed by atoms with Crippen molar-refractivity contribution in [2.24, 2.45) is 0 Å². The average molecular weight is 402 g/mol. The lowest BCUT2D eigenvalue weighted by Crippen LogP contribution is -2.28. The highest BCUT2D eigenvalue weighted by atomic mass is 35.5. The molecule has 0 fully saturated rings. The minimum absolute atomic E-state index is 0.0711. The van der Waals surface area contributed by atoms with Gasteiger partial charge in [0.15, 0.2) is 0 Å². The quantitative estimate of drug-likeness (QED) is 0.664. The van der Waals surface area contributed by atoms with E-state index in [-0.39, 0.29) is 18.0 Å². The number of aryl methyl sites for hydroxylation is 2. The summed E-state index contributed by atoms with van der Waals surface area (Å²) in [6.07, 6.45) is 6.87. The molecule has 1 aliphatic rings. The maximum Gasteiger partial charge on any atom is 0.262 e. The normalized spacial score (nSPS) is 14.0. The second-order valence-electron chi connectivity index (χ2n) is 6.88. The molecule has 5 nitrogen and oxygen atoms in total. The highest BCUT2D eigenvalue weighted by molar-refractivity contribution is 7.18. The molecule has 2 heterocycles. The van der Waals surface area contributed by atoms with Gasteiger partial charge in [-0.3, -0.25) is 14.2 Å². The molecule has 0 atom stereocenters. The number of hydrogen-bond acceptors (Lipinski definition) is 4. The summed E-state index contributed by atoms with van der Waals surface area (Å²) in [7, 11) is 0. The Balaban J connectivity index is 1.63. The minimum Gasteiger partial charge on any atom is -0.324 e. The van der Waals surface area contributed by atoms with Crippen molar-refractivity contribution in [1.82, 2.24) is 9.55 Å². The molecule has 2 aromatic heterocycles. The number of amides is 1. The summed E-state index contributed by atoms with van der Waals surface area (Å²) < 4.78 is 1.40. The van der Waals surface area contributed by atoms with Gasteiger partial charge in [-0.15, -0.1) is 11.3 Å². The van der Waals surface area contributed by atoms with E-state index in [2.05, 4.69) is 10.3 Å². The van der Waals surface area contributed by atoms with Gasteiger partial charge in [-0.1, -0.05) is 24.1 Å². The Kier molecular flexibility index (Phi) is 5.02. The summed E-state index contributed by atoms with van der Waals surface area (Å²) in [5, 5.41) is 4.12. The van der Waals surface area contributed by atoms with E-state index in [0.717, 1.165) is 41.6 Å². The van der Waals surface area contributed by atoms with Crippen molar-refractivity contribution in [1.29, 1.82) is 0 Å². The van der Waals surface area contributed by atoms with Gasteiger partial charge in [-0.2, -0.15) is 0 Å². The molecule has 0 spiro atoms. The van der Waals surface area contributed by atoms with Crippen molar-refractivity contribution < 1.29 is 4.79 Å². The van der Waals surface area contributed by atoms with Crippen LogP contribution in [0.3, 0.4) is 0 Å². The zero-order chi connectivity index (χ0) is 19.0. The van der Waals surface area contributed by atoms with Crippen LogP contribution in [-0.2, 0) is 24.2 Å². The zero-order valence-electron chi connectivity index (χ0n) is 15.0. The van der Waals surface area contributed by atoms with Crippen LogP contribution in [0.25, 0.3) is 10.2 Å². The van der Waals surface area contributed by atoms with Gasteiger partial charge in [0.2, 0.25) is 5.91 Å². The standard InChI is InChI=1S/C20H20ClN3O2S/c1-12-14(21)7-5-8-15(12)23-17(25)10-24-11-22-19-18(20(24)26)13-6-3-2-4-9-16(13)27-19/h5,7-8,11H,2-4,6,9-10H2,1H3,(H,23,25). The Labute approximate surface area is 166 Å². The molecule has 0 bridgehead atoms. The number of nitrogens with zero attached hydrogens (tertiary/aromatic N) is 2. The van der Waals surface area contributed by atoms with E-state index in [1.165, 1.54) is 22.2 Å². The molecule has 27 heavy (non-hydrogen) atoms. The van der Waals surface area contributed by atoms with Crippen molar-refractivity contribution in [3.63, 3.8) is 0 Å². The average Bonchev–Trinajstić information content (AvgIpc) is 2.84. The van der Waals surface area contributed by atoms with Gasteiger partial charge in [0.05, 0.1) is 11.7 Å². The summed E-state index contributed by atoms with van der Waals surface area (Å²) in [5.74, 6) is -0.273. The molecule has 4 rings (SSSR count). The monoisotopic (exact) mass is 401 g/mol. The van der Waals surface area contributed by atoms with Crippen LogP contribution >= 0.6 is 22.9 Å². The first-order valence-corrected chi connectivity index (χ1v) is 10.3. The van der Waals surface area contributed by atoms with Gasteiger partial charge in [0.25, 0.3) is 5.56 Å². The van der Waals surface area contributed by atoms with Crippen LogP contribution in [0.2, 0.25) is 5.02 Å². The maximum absolute atomic E-state index is 13.0. The number of carbonyl (C=O) groups excluding carboxylic acids is 1. The molecule has 1 aliphatic carbocycles. The van der Waals surface area contributed by atoms with Gasteiger partial charge in [0, 0.05) is 15.6 Å². The van der Waals surface area contributed by atoms with E-state index in [4.69, 9.17) is 11.6 Å². The van der Waals surface area contributed by atoms with E-state index >= 15 is 0 Å². The molecule has 140 valence electrons. The van der Waals surface area contributed by atoms with E-state index in [1.54, 1.807) is 29.5 Å². The van der Waals surface area contributed by atoms with Crippen LogP contribution in [0.15, 0.2) is 29.3 Å². The molecule has 0 aliphatic heterocycles. The number of benzene rings is 1. The molecule has 0 saturated carbocycles. The number of aromatic nitrogens is 2. The van der Waals surface area contributed by atoms with Crippen LogP contribution < -0.4 is 10.9 Å². The lowest BCUT2D eigenvalue weighted by molar-refractivity contribution is -0.116. The Morgan fingerprint density at radius 1 is 1.30 bits per heavy atom. The van der Waals surface area contributed by atoms with Crippen molar-refractivity contribution in [2.75, 3.05) is 5.32 Å². The van der Waals surface area contributed by atoms with Gasteiger partial charge in [-0.25, -0.2) is 4.98 Å². The van der Waals surface area contributed by atoms with Gasteiger partial charge in [-0.05, 0) is 55.9 Å². The second kappa shape index (κ2) is 7.44. The van der Waals surface area contributed by atoms with Crippen LogP contribution in [0, 0.1) is 6.92 Å². The molecular formula is C20H20ClN3O2S. The molecular weight excluding hydrogens is 382 g/mol. The molecule has 1 amide bonds. The summed E-state index contributed by atoms with van der Waals surface area (Å²) in [5.41, 5.74) is 2.47. The first-order valence-electron chi connectivity index (χ1n) is 9.09. The van der Waals surface area contributed by atoms with E-state index in [1.807, 2.05) is 6.92 Å². The fraction of sp³-hybridized carbons (Fsp3) is 0.350. The second-order valence-corrected chi connectivity index (χ2v) is 8.37. The van der Waals surface area contributed by atoms with Gasteiger partial charge < -0.3 is 5.32 Å². The Morgan fingerprint density at radius 2 is 2.11 bits per heavy atom. The molecule has 0 saturated heterocycles. The summed E-state index contributed by atoms with van der Waals surface area (Å²) in [4.78, 5) is 32.0. The molecule has 7 heteroatoms. The molecule has 1 N–H and O–H groups in total. The molecule has 0 radical (unpaired) electrons. The smallest absolute Gasteiger partial charge is 0.262 e. The molecule has 0 unspecified atom stereocenters. The summed E-state index contributed by atoms with van der Waals surface area (Å²) in [6.45, 7) is 1.77. The van der Waals surface area contributed by atoms with Crippen LogP contribution in [-0.4, -0.2) is 15.5 Å². The number of hydrogen-bond donors (Lipinski definition) is 1. The highest BCUT2D eigenvalue weighted by Gasteiger charge is 2.19. The van der Waals surface area contributed by atoms with Gasteiger partial charge in [0.1, 0.15) is 11.4 Å². The van der Waals surface area contributed by atoms with Crippen LogP contribution in [0.5, 0.6) is 0 Å². The highest BCUT2D eigenvalue weighted by Crippen LogP contribution is 2.32. The van der Waals surface area contributed by atoms with Crippen LogP contribution in [0.4, 0.5) is 5.69 Å². The maximum atomic E-state index is 13.0. The van der Waals surface area contributed by atoms with E-state index < -0.39 is 0 Å². The fourth-order valence-corrected chi connectivity index (χ4v) is 4.95. The number of anilines is 1.